The van der Waals surface area contributed by atoms with Crippen molar-refractivity contribution in [1.29, 1.82) is 0 Å². The highest BCUT2D eigenvalue weighted by Crippen LogP contribution is 2.56. The minimum atomic E-state index is 0.968. The van der Waals surface area contributed by atoms with E-state index in [0.29, 0.717) is 0 Å². The van der Waals surface area contributed by atoms with Crippen molar-refractivity contribution in [2.24, 2.45) is 23.7 Å². The molecule has 2 atom stereocenters. The van der Waals surface area contributed by atoms with Gasteiger partial charge in [0.1, 0.15) is 0 Å². The van der Waals surface area contributed by atoms with Gasteiger partial charge in [0.15, 0.2) is 0 Å². The second-order valence-corrected chi connectivity index (χ2v) is 6.50. The first-order chi connectivity index (χ1) is 10.6. The third-order valence-electron chi connectivity index (χ3n) is 4.18. The minimum Gasteiger partial charge on any atom is -0.0683 e. The summed E-state index contributed by atoms with van der Waals surface area (Å²) in [7, 11) is 0. The fourth-order valence-electron chi connectivity index (χ4n) is 2.42. The summed E-state index contributed by atoms with van der Waals surface area (Å²) in [5.74, 6) is 4.44. The highest BCUT2D eigenvalue weighted by atomic mass is 14.5. The van der Waals surface area contributed by atoms with Crippen LogP contribution in [0.5, 0.6) is 0 Å². The molecule has 0 radical (unpaired) electrons. The van der Waals surface area contributed by atoms with Gasteiger partial charge in [0.2, 0.25) is 0 Å². The van der Waals surface area contributed by atoms with E-state index in [1.54, 1.807) is 19.3 Å². The molecule has 0 aromatic heterocycles. The number of hydrogen-bond acceptors (Lipinski definition) is 0. The Bertz CT molecular complexity index is 157. The summed E-state index contributed by atoms with van der Waals surface area (Å²) in [5, 5.41) is 0. The summed E-state index contributed by atoms with van der Waals surface area (Å²) < 4.78 is 0. The van der Waals surface area contributed by atoms with E-state index in [4.69, 9.17) is 0 Å². The standard InChI is InChI=1S/C9H16.C5H12.C4H10.2C2H6/c1-6(2)8-5-9(8)7-3-4-7;1-3-5-4-2;1-3-4-2;2*1-2/h6-9H,3-5H2,1-2H3;3-5H2,1-2H3;3-4H2,1-2H3;2*1-2H3. The SMILES string of the molecule is CC.CC.CC(C)C1CC1C1CC1.CCCC.CCCCC. The Hall–Kier alpha value is 0. The molecule has 0 amide bonds. The topological polar surface area (TPSA) is 0 Å². The molecule has 2 unspecified atom stereocenters. The van der Waals surface area contributed by atoms with E-state index in [9.17, 15) is 0 Å². The molecule has 0 saturated heterocycles. The van der Waals surface area contributed by atoms with Crippen molar-refractivity contribution in [2.75, 3.05) is 0 Å². The molecular formula is C22H50. The van der Waals surface area contributed by atoms with Crippen LogP contribution in [0.25, 0.3) is 0 Å². The molecule has 0 N–H and O–H groups in total. The van der Waals surface area contributed by atoms with Gasteiger partial charge in [-0.15, -0.1) is 0 Å². The van der Waals surface area contributed by atoms with Crippen LogP contribution in [0.1, 0.15) is 121 Å². The van der Waals surface area contributed by atoms with Gasteiger partial charge in [0.25, 0.3) is 0 Å². The summed E-state index contributed by atoms with van der Waals surface area (Å²) in [5.41, 5.74) is 0. The molecule has 0 nitrogen and oxygen atoms in total. The van der Waals surface area contributed by atoms with Crippen molar-refractivity contribution >= 4 is 0 Å². The highest BCUT2D eigenvalue weighted by Gasteiger charge is 2.48. The first-order valence-corrected chi connectivity index (χ1v) is 10.6. The van der Waals surface area contributed by atoms with Crippen LogP contribution in [0.2, 0.25) is 0 Å². The Kier molecular flexibility index (Phi) is 25.7. The van der Waals surface area contributed by atoms with Gasteiger partial charge in [-0.05, 0) is 42.9 Å². The molecule has 2 rings (SSSR count). The normalized spacial score (nSPS) is 20.9. The van der Waals surface area contributed by atoms with Crippen molar-refractivity contribution < 1.29 is 0 Å². The maximum Gasteiger partial charge on any atom is -0.0352 e. The molecule has 0 heterocycles. The zero-order valence-corrected chi connectivity index (χ0v) is 18.0. The molecule has 2 aliphatic carbocycles. The molecule has 2 aliphatic rings. The second-order valence-electron chi connectivity index (χ2n) is 6.50. The zero-order valence-electron chi connectivity index (χ0n) is 18.0. The first-order valence-electron chi connectivity index (χ1n) is 10.6. The van der Waals surface area contributed by atoms with Crippen molar-refractivity contribution in [3.05, 3.63) is 0 Å². The Morgan fingerprint density at radius 1 is 0.727 bits per heavy atom. The largest absolute Gasteiger partial charge is 0.0683 e. The van der Waals surface area contributed by atoms with Crippen LogP contribution >= 0.6 is 0 Å². The Balaban J connectivity index is -0.000000242. The van der Waals surface area contributed by atoms with Crippen molar-refractivity contribution in [1.82, 2.24) is 0 Å². The van der Waals surface area contributed by atoms with Crippen LogP contribution in [0.15, 0.2) is 0 Å². The fraction of sp³-hybridized carbons (Fsp3) is 1.00. The van der Waals surface area contributed by atoms with Gasteiger partial charge in [-0.25, -0.2) is 0 Å². The van der Waals surface area contributed by atoms with Gasteiger partial charge in [-0.2, -0.15) is 0 Å². The van der Waals surface area contributed by atoms with Crippen molar-refractivity contribution in [3.63, 3.8) is 0 Å². The Morgan fingerprint density at radius 3 is 1.27 bits per heavy atom. The maximum atomic E-state index is 2.37. The van der Waals surface area contributed by atoms with E-state index in [2.05, 4.69) is 41.5 Å². The van der Waals surface area contributed by atoms with E-state index in [1.165, 1.54) is 43.9 Å². The molecule has 0 heteroatoms. The van der Waals surface area contributed by atoms with Crippen LogP contribution in [0.4, 0.5) is 0 Å². The number of rotatable bonds is 5. The van der Waals surface area contributed by atoms with Gasteiger partial charge in [0, 0.05) is 0 Å². The lowest BCUT2D eigenvalue weighted by Gasteiger charge is -1.99. The fourth-order valence-corrected chi connectivity index (χ4v) is 2.42. The van der Waals surface area contributed by atoms with Crippen LogP contribution in [0, 0.1) is 23.7 Å². The van der Waals surface area contributed by atoms with Gasteiger partial charge in [-0.1, -0.05) is 101 Å². The van der Waals surface area contributed by atoms with Crippen molar-refractivity contribution in [3.8, 4) is 0 Å². The van der Waals surface area contributed by atoms with E-state index >= 15 is 0 Å². The summed E-state index contributed by atoms with van der Waals surface area (Å²) in [6, 6.07) is 0. The van der Waals surface area contributed by atoms with E-state index in [1.807, 2.05) is 27.7 Å². The maximum absolute atomic E-state index is 2.37. The van der Waals surface area contributed by atoms with Gasteiger partial charge in [0.05, 0.1) is 0 Å². The molecule has 2 saturated carbocycles. The highest BCUT2D eigenvalue weighted by molar-refractivity contribution is 4.97. The molecule has 0 bridgehead atoms. The lowest BCUT2D eigenvalue weighted by atomic mass is 10.1. The number of hydrogen-bond donors (Lipinski definition) is 0. The van der Waals surface area contributed by atoms with Crippen LogP contribution in [-0.4, -0.2) is 0 Å². The summed E-state index contributed by atoms with van der Waals surface area (Å²) in [4.78, 5) is 0. The quantitative estimate of drug-likeness (QED) is 0.475. The molecular weight excluding hydrogens is 264 g/mol. The monoisotopic (exact) mass is 314 g/mol. The molecule has 138 valence electrons. The summed E-state index contributed by atoms with van der Waals surface area (Å²) in [6.07, 6.45) is 11.4. The molecule has 0 spiro atoms. The Morgan fingerprint density at radius 2 is 1.14 bits per heavy atom. The average molecular weight is 315 g/mol. The van der Waals surface area contributed by atoms with Crippen LogP contribution in [0.3, 0.4) is 0 Å². The van der Waals surface area contributed by atoms with Gasteiger partial charge in [-0.3, -0.25) is 0 Å². The summed E-state index contributed by atoms with van der Waals surface area (Å²) >= 11 is 0. The smallest absolute Gasteiger partial charge is 0.0352 e. The lowest BCUT2D eigenvalue weighted by molar-refractivity contribution is 0.494. The number of unbranched alkanes of at least 4 members (excludes halogenated alkanes) is 3. The molecule has 0 aromatic carbocycles. The van der Waals surface area contributed by atoms with Crippen LogP contribution < -0.4 is 0 Å². The van der Waals surface area contributed by atoms with E-state index in [-0.39, 0.29) is 0 Å². The third-order valence-corrected chi connectivity index (χ3v) is 4.18. The predicted octanol–water partition coefficient (Wildman–Crippen LogP) is 8.74. The molecule has 0 aromatic rings. The van der Waals surface area contributed by atoms with E-state index in [0.717, 1.165) is 11.8 Å². The third kappa shape index (κ3) is 18.1. The first kappa shape index (κ1) is 26.9. The summed E-state index contributed by atoms with van der Waals surface area (Å²) in [6.45, 7) is 21.5. The molecule has 22 heavy (non-hydrogen) atoms. The molecule has 0 aliphatic heterocycles. The Labute approximate surface area is 144 Å². The van der Waals surface area contributed by atoms with Crippen LogP contribution in [-0.2, 0) is 0 Å². The lowest BCUT2D eigenvalue weighted by Crippen LogP contribution is -1.93. The van der Waals surface area contributed by atoms with Crippen molar-refractivity contribution in [2.45, 2.75) is 121 Å². The minimum absolute atomic E-state index is 0.968. The second kappa shape index (κ2) is 21.0. The van der Waals surface area contributed by atoms with Gasteiger partial charge < -0.3 is 0 Å². The predicted molar refractivity (Wildman–Crippen MR) is 108 cm³/mol. The zero-order chi connectivity index (χ0) is 18.0. The molecule has 2 fully saturated rings. The van der Waals surface area contributed by atoms with E-state index < -0.39 is 0 Å². The average Bonchev–Trinajstić information content (AvgIpc) is 3.44. The van der Waals surface area contributed by atoms with Gasteiger partial charge >= 0.3 is 0 Å².